The number of benzene rings is 2. The number of nitro groups is 1. The highest BCUT2D eigenvalue weighted by atomic mass is 32.2. The predicted octanol–water partition coefficient (Wildman–Crippen LogP) is 2.76. The maximum absolute atomic E-state index is 13.0. The summed E-state index contributed by atoms with van der Waals surface area (Å²) in [7, 11) is -3.90. The van der Waals surface area contributed by atoms with Crippen LogP contribution in [-0.2, 0) is 14.8 Å². The molecule has 1 aromatic heterocycles. The number of non-ortho nitro benzene ring substituents is 1. The van der Waals surface area contributed by atoms with Gasteiger partial charge >= 0.3 is 0 Å². The average molecular weight is 543 g/mol. The molecule has 2 saturated heterocycles. The lowest BCUT2D eigenvalue weighted by molar-refractivity contribution is -0.385. The van der Waals surface area contributed by atoms with Crippen LogP contribution >= 0.6 is 11.8 Å². The SMILES string of the molecule is O=C(CSc1nc2ccccc2nc1N1CCCC1)N1CCN(S(=O)(=O)c2cccc([N+](=O)[O-])c2)CC1. The van der Waals surface area contributed by atoms with Crippen molar-refractivity contribution in [1.29, 1.82) is 0 Å². The van der Waals surface area contributed by atoms with E-state index in [1.165, 1.54) is 34.3 Å². The molecule has 5 rings (SSSR count). The van der Waals surface area contributed by atoms with Gasteiger partial charge in [0.05, 0.1) is 26.6 Å². The first-order valence-corrected chi connectivity index (χ1v) is 14.4. The quantitative estimate of drug-likeness (QED) is 0.251. The number of nitrogens with zero attached hydrogens (tertiary/aromatic N) is 6. The molecule has 2 aliphatic rings. The smallest absolute Gasteiger partial charge is 0.270 e. The zero-order valence-corrected chi connectivity index (χ0v) is 21.7. The number of nitro benzene ring substituents is 1. The highest BCUT2D eigenvalue weighted by Gasteiger charge is 2.31. The first kappa shape index (κ1) is 25.4. The highest BCUT2D eigenvalue weighted by Crippen LogP contribution is 2.31. The van der Waals surface area contributed by atoms with E-state index in [4.69, 9.17) is 9.97 Å². The van der Waals surface area contributed by atoms with Crippen molar-refractivity contribution < 1.29 is 18.1 Å². The van der Waals surface area contributed by atoms with Crippen LogP contribution in [0.5, 0.6) is 0 Å². The lowest BCUT2D eigenvalue weighted by Crippen LogP contribution is -2.51. The number of aromatic nitrogens is 2. The van der Waals surface area contributed by atoms with Crippen LogP contribution in [0, 0.1) is 10.1 Å². The Balaban J connectivity index is 1.24. The molecule has 0 atom stereocenters. The highest BCUT2D eigenvalue weighted by molar-refractivity contribution is 8.00. The molecule has 0 radical (unpaired) electrons. The van der Waals surface area contributed by atoms with Gasteiger partial charge in [-0.25, -0.2) is 18.4 Å². The molecule has 11 nitrogen and oxygen atoms in total. The molecule has 1 amide bonds. The van der Waals surface area contributed by atoms with Crippen molar-refractivity contribution in [3.63, 3.8) is 0 Å². The first-order chi connectivity index (χ1) is 17.8. The van der Waals surface area contributed by atoms with Crippen LogP contribution in [0.4, 0.5) is 11.5 Å². The summed E-state index contributed by atoms with van der Waals surface area (Å²) in [6.45, 7) is 2.56. The maximum atomic E-state index is 13.0. The molecule has 0 unspecified atom stereocenters. The van der Waals surface area contributed by atoms with Gasteiger partial charge in [-0.1, -0.05) is 30.0 Å². The summed E-state index contributed by atoms with van der Waals surface area (Å²) in [6, 6.07) is 12.7. The summed E-state index contributed by atoms with van der Waals surface area (Å²) in [4.78, 5) is 36.8. The van der Waals surface area contributed by atoms with Crippen LogP contribution in [0.25, 0.3) is 11.0 Å². The Morgan fingerprint density at radius 1 is 0.946 bits per heavy atom. The van der Waals surface area contributed by atoms with Crippen molar-refractivity contribution in [2.75, 3.05) is 49.9 Å². The van der Waals surface area contributed by atoms with Crippen molar-refractivity contribution in [3.8, 4) is 0 Å². The lowest BCUT2D eigenvalue weighted by atomic mass is 10.3. The van der Waals surface area contributed by atoms with Crippen molar-refractivity contribution in [1.82, 2.24) is 19.2 Å². The number of fused-ring (bicyclic) bond motifs is 1. The fraction of sp³-hybridized carbons (Fsp3) is 0.375. The van der Waals surface area contributed by atoms with Gasteiger partial charge in [0.15, 0.2) is 5.82 Å². The molecule has 0 aliphatic carbocycles. The molecule has 2 aromatic carbocycles. The van der Waals surface area contributed by atoms with E-state index in [-0.39, 0.29) is 48.4 Å². The van der Waals surface area contributed by atoms with Crippen molar-refractivity contribution in [2.45, 2.75) is 22.8 Å². The lowest BCUT2D eigenvalue weighted by Gasteiger charge is -2.34. The summed E-state index contributed by atoms with van der Waals surface area (Å²) in [5.41, 5.74) is 1.32. The zero-order valence-electron chi connectivity index (χ0n) is 20.0. The number of piperazine rings is 1. The molecule has 0 N–H and O–H groups in total. The first-order valence-electron chi connectivity index (χ1n) is 12.0. The Morgan fingerprint density at radius 2 is 1.62 bits per heavy atom. The number of hydrogen-bond acceptors (Lipinski definition) is 9. The van der Waals surface area contributed by atoms with Crippen molar-refractivity contribution in [3.05, 3.63) is 58.6 Å². The number of para-hydroxylation sites is 2. The number of amides is 1. The second kappa shape index (κ2) is 10.6. The van der Waals surface area contributed by atoms with E-state index in [1.54, 1.807) is 4.90 Å². The molecule has 37 heavy (non-hydrogen) atoms. The van der Waals surface area contributed by atoms with Crippen LogP contribution in [-0.4, -0.2) is 83.4 Å². The molecule has 0 saturated carbocycles. The normalized spacial score (nSPS) is 16.9. The van der Waals surface area contributed by atoms with Gasteiger partial charge in [-0.3, -0.25) is 14.9 Å². The minimum atomic E-state index is -3.90. The number of sulfonamides is 1. The molecule has 3 heterocycles. The van der Waals surface area contributed by atoms with Gasteiger partial charge in [-0.05, 0) is 31.0 Å². The van der Waals surface area contributed by atoms with Crippen molar-refractivity contribution in [2.24, 2.45) is 0 Å². The fourth-order valence-corrected chi connectivity index (χ4v) is 6.88. The van der Waals surface area contributed by atoms with Gasteiger partial charge in [0.25, 0.3) is 5.69 Å². The Hall–Kier alpha value is -3.29. The summed E-state index contributed by atoms with van der Waals surface area (Å²) in [5.74, 6) is 0.882. The molecule has 0 bridgehead atoms. The van der Waals surface area contributed by atoms with Gasteiger partial charge in [-0.2, -0.15) is 4.31 Å². The molecule has 13 heteroatoms. The monoisotopic (exact) mass is 542 g/mol. The van der Waals surface area contributed by atoms with E-state index in [1.807, 2.05) is 24.3 Å². The van der Waals surface area contributed by atoms with E-state index in [0.717, 1.165) is 53.9 Å². The minimum absolute atomic E-state index is 0.0975. The van der Waals surface area contributed by atoms with Gasteiger partial charge in [-0.15, -0.1) is 0 Å². The number of hydrogen-bond donors (Lipinski definition) is 0. The maximum Gasteiger partial charge on any atom is 0.270 e. The number of thioether (sulfide) groups is 1. The average Bonchev–Trinajstić information content (AvgIpc) is 3.46. The van der Waals surface area contributed by atoms with Crippen LogP contribution in [0.1, 0.15) is 12.8 Å². The number of rotatable bonds is 7. The molecule has 0 spiro atoms. The van der Waals surface area contributed by atoms with Crippen LogP contribution in [0.2, 0.25) is 0 Å². The molecule has 3 aromatic rings. The standard InChI is InChI=1S/C24H26N6O5S2/c31-22(17-36-24-23(28-10-3-4-11-28)25-20-8-1-2-9-21(20)26-24)27-12-14-29(15-13-27)37(34,35)19-7-5-6-18(16-19)30(32)33/h1-2,5-9,16H,3-4,10-15,17H2. The van der Waals surface area contributed by atoms with Crippen LogP contribution in [0.15, 0.2) is 58.5 Å². The van der Waals surface area contributed by atoms with E-state index >= 15 is 0 Å². The molecular formula is C24H26N6O5S2. The third-order valence-electron chi connectivity index (χ3n) is 6.52. The van der Waals surface area contributed by atoms with Crippen molar-refractivity contribution >= 4 is 50.2 Å². The Morgan fingerprint density at radius 3 is 2.30 bits per heavy atom. The second-order valence-electron chi connectivity index (χ2n) is 8.86. The Labute approximate surface area is 218 Å². The van der Waals surface area contributed by atoms with Gasteiger partial charge in [0, 0.05) is 51.4 Å². The number of carbonyl (C=O) groups is 1. The van der Waals surface area contributed by atoms with E-state index in [9.17, 15) is 23.3 Å². The molecular weight excluding hydrogens is 516 g/mol. The zero-order chi connectivity index (χ0) is 26.0. The third-order valence-corrected chi connectivity index (χ3v) is 9.35. The topological polar surface area (TPSA) is 130 Å². The number of carbonyl (C=O) groups excluding carboxylic acids is 1. The van der Waals surface area contributed by atoms with Crippen LogP contribution in [0.3, 0.4) is 0 Å². The van der Waals surface area contributed by atoms with E-state index in [0.29, 0.717) is 0 Å². The Kier molecular flexibility index (Phi) is 7.26. The Bertz CT molecular complexity index is 1440. The summed E-state index contributed by atoms with van der Waals surface area (Å²) < 4.78 is 27.3. The van der Waals surface area contributed by atoms with Gasteiger partial charge < -0.3 is 9.80 Å². The largest absolute Gasteiger partial charge is 0.354 e. The number of anilines is 1. The summed E-state index contributed by atoms with van der Waals surface area (Å²) in [5, 5.41) is 11.8. The van der Waals surface area contributed by atoms with E-state index < -0.39 is 14.9 Å². The fourth-order valence-electron chi connectivity index (χ4n) is 4.51. The van der Waals surface area contributed by atoms with Gasteiger partial charge in [0.1, 0.15) is 5.03 Å². The third kappa shape index (κ3) is 5.38. The summed E-state index contributed by atoms with van der Waals surface area (Å²) >= 11 is 1.36. The minimum Gasteiger partial charge on any atom is -0.354 e. The molecule has 2 fully saturated rings. The predicted molar refractivity (Wildman–Crippen MR) is 140 cm³/mol. The molecule has 194 valence electrons. The summed E-state index contributed by atoms with van der Waals surface area (Å²) in [6.07, 6.45) is 2.20. The van der Waals surface area contributed by atoms with Crippen LogP contribution < -0.4 is 4.90 Å². The molecule has 2 aliphatic heterocycles. The second-order valence-corrected chi connectivity index (χ2v) is 11.8. The van der Waals surface area contributed by atoms with E-state index in [2.05, 4.69) is 4.90 Å². The van der Waals surface area contributed by atoms with Gasteiger partial charge in [0.2, 0.25) is 15.9 Å².